The molecule has 0 unspecified atom stereocenters. The highest BCUT2D eigenvalue weighted by Gasteiger charge is 2.17. The summed E-state index contributed by atoms with van der Waals surface area (Å²) in [6.45, 7) is 5.64. The first-order valence-corrected chi connectivity index (χ1v) is 7.18. The quantitative estimate of drug-likeness (QED) is 0.692. The predicted molar refractivity (Wildman–Crippen MR) is 83.4 cm³/mol. The SMILES string of the molecule is Cc1cc(C)c(C(=O)Cn2nc(-c3ccco3)oc2=O)cc1C. The lowest BCUT2D eigenvalue weighted by molar-refractivity contribution is 0.0964. The van der Waals surface area contributed by atoms with Crippen molar-refractivity contribution in [1.82, 2.24) is 9.78 Å². The van der Waals surface area contributed by atoms with Crippen LogP contribution in [-0.4, -0.2) is 15.6 Å². The van der Waals surface area contributed by atoms with Crippen LogP contribution in [0.1, 0.15) is 27.0 Å². The first-order chi connectivity index (χ1) is 11.0. The van der Waals surface area contributed by atoms with Crippen LogP contribution in [0.2, 0.25) is 0 Å². The van der Waals surface area contributed by atoms with Crippen LogP contribution in [-0.2, 0) is 6.54 Å². The molecule has 2 heterocycles. The van der Waals surface area contributed by atoms with E-state index in [1.807, 2.05) is 32.9 Å². The minimum Gasteiger partial charge on any atom is -0.459 e. The number of carbonyl (C=O) groups is 1. The Balaban J connectivity index is 1.89. The van der Waals surface area contributed by atoms with E-state index in [-0.39, 0.29) is 18.2 Å². The number of hydrogen-bond acceptors (Lipinski definition) is 5. The van der Waals surface area contributed by atoms with E-state index in [1.54, 1.807) is 12.1 Å². The number of carbonyl (C=O) groups excluding carboxylic acids is 1. The molecule has 0 N–H and O–H groups in total. The number of Topliss-reactive ketones (excluding diaryl/α,β-unsaturated/α-hetero) is 1. The molecule has 0 bridgehead atoms. The Bertz CT molecular complexity index is 917. The molecule has 0 spiro atoms. The molecule has 0 fully saturated rings. The van der Waals surface area contributed by atoms with Gasteiger partial charge in [0.15, 0.2) is 11.5 Å². The predicted octanol–water partition coefficient (Wildman–Crippen LogP) is 2.90. The maximum atomic E-state index is 12.5. The summed E-state index contributed by atoms with van der Waals surface area (Å²) in [5.74, 6) is -0.474. The van der Waals surface area contributed by atoms with Crippen LogP contribution < -0.4 is 5.76 Å². The molecule has 1 aromatic carbocycles. The van der Waals surface area contributed by atoms with Crippen molar-refractivity contribution in [3.8, 4) is 11.7 Å². The van der Waals surface area contributed by atoms with Gasteiger partial charge >= 0.3 is 5.76 Å². The van der Waals surface area contributed by atoms with Crippen LogP contribution in [0.3, 0.4) is 0 Å². The van der Waals surface area contributed by atoms with E-state index in [4.69, 9.17) is 8.83 Å². The molecule has 0 aliphatic heterocycles. The highest BCUT2D eigenvalue weighted by Crippen LogP contribution is 2.17. The zero-order chi connectivity index (χ0) is 16.6. The third-order valence-corrected chi connectivity index (χ3v) is 3.77. The minimum absolute atomic E-state index is 0.0598. The molecule has 0 aliphatic carbocycles. The molecule has 3 aromatic rings. The average molecular weight is 312 g/mol. The Morgan fingerprint density at radius 3 is 2.61 bits per heavy atom. The van der Waals surface area contributed by atoms with Crippen molar-refractivity contribution in [3.05, 3.63) is 63.3 Å². The number of aryl methyl sites for hydroxylation is 3. The third kappa shape index (κ3) is 2.88. The standard InChI is InChI=1S/C17H16N2O4/c1-10-7-12(3)13(8-11(10)2)14(20)9-19-17(21)23-16(18-19)15-5-4-6-22-15/h4-8H,9H2,1-3H3. The van der Waals surface area contributed by atoms with Crippen LogP contribution in [0.15, 0.2) is 44.2 Å². The molecule has 2 aromatic heterocycles. The maximum Gasteiger partial charge on any atom is 0.437 e. The Labute approximate surface area is 132 Å². The third-order valence-electron chi connectivity index (χ3n) is 3.77. The highest BCUT2D eigenvalue weighted by molar-refractivity contribution is 5.97. The van der Waals surface area contributed by atoms with Crippen molar-refractivity contribution < 1.29 is 13.6 Å². The van der Waals surface area contributed by atoms with Crippen molar-refractivity contribution in [1.29, 1.82) is 0 Å². The highest BCUT2D eigenvalue weighted by atomic mass is 16.4. The van der Waals surface area contributed by atoms with Crippen LogP contribution in [0.5, 0.6) is 0 Å². The Kier molecular flexibility index (Phi) is 3.73. The fourth-order valence-corrected chi connectivity index (χ4v) is 2.39. The zero-order valence-electron chi connectivity index (χ0n) is 13.1. The van der Waals surface area contributed by atoms with Crippen molar-refractivity contribution in [3.63, 3.8) is 0 Å². The molecule has 0 saturated heterocycles. The molecule has 3 rings (SSSR count). The van der Waals surface area contributed by atoms with Gasteiger partial charge in [0.2, 0.25) is 0 Å². The van der Waals surface area contributed by atoms with Crippen LogP contribution in [0, 0.1) is 20.8 Å². The van der Waals surface area contributed by atoms with Gasteiger partial charge < -0.3 is 8.83 Å². The molecular weight excluding hydrogens is 296 g/mol. The summed E-state index contributed by atoms with van der Waals surface area (Å²) in [6.07, 6.45) is 1.46. The lowest BCUT2D eigenvalue weighted by Gasteiger charge is -2.08. The van der Waals surface area contributed by atoms with Gasteiger partial charge in [0.25, 0.3) is 5.89 Å². The van der Waals surface area contributed by atoms with Crippen LogP contribution in [0.25, 0.3) is 11.7 Å². The van der Waals surface area contributed by atoms with E-state index in [2.05, 4.69) is 5.10 Å². The number of rotatable bonds is 4. The second kappa shape index (κ2) is 5.72. The molecule has 6 nitrogen and oxygen atoms in total. The number of furan rings is 1. The summed E-state index contributed by atoms with van der Waals surface area (Å²) in [5, 5.41) is 4.01. The first kappa shape index (κ1) is 15.0. The second-order valence-corrected chi connectivity index (χ2v) is 5.48. The lowest BCUT2D eigenvalue weighted by atomic mass is 9.98. The van der Waals surface area contributed by atoms with Gasteiger partial charge in [-0.1, -0.05) is 6.07 Å². The monoisotopic (exact) mass is 312 g/mol. The Morgan fingerprint density at radius 2 is 1.91 bits per heavy atom. The largest absolute Gasteiger partial charge is 0.459 e. The van der Waals surface area contributed by atoms with E-state index in [9.17, 15) is 9.59 Å². The fourth-order valence-electron chi connectivity index (χ4n) is 2.39. The van der Waals surface area contributed by atoms with Crippen LogP contribution in [0.4, 0.5) is 0 Å². The Hall–Kier alpha value is -2.89. The molecule has 0 aliphatic rings. The molecule has 0 saturated carbocycles. The van der Waals surface area contributed by atoms with Gasteiger partial charge in [-0.05, 0) is 55.7 Å². The maximum absolute atomic E-state index is 12.5. The average Bonchev–Trinajstić information content (AvgIpc) is 3.13. The zero-order valence-corrected chi connectivity index (χ0v) is 13.1. The first-order valence-electron chi connectivity index (χ1n) is 7.18. The summed E-state index contributed by atoms with van der Waals surface area (Å²) in [5.41, 5.74) is 3.61. The molecule has 118 valence electrons. The van der Waals surface area contributed by atoms with E-state index in [0.29, 0.717) is 11.3 Å². The van der Waals surface area contributed by atoms with Crippen LogP contribution >= 0.6 is 0 Å². The van der Waals surface area contributed by atoms with Gasteiger partial charge in [-0.3, -0.25) is 4.79 Å². The fraction of sp³-hybridized carbons (Fsp3) is 0.235. The second-order valence-electron chi connectivity index (χ2n) is 5.48. The summed E-state index contributed by atoms with van der Waals surface area (Å²) < 4.78 is 11.2. The Morgan fingerprint density at radius 1 is 1.17 bits per heavy atom. The number of aromatic nitrogens is 2. The molecule has 0 radical (unpaired) electrons. The van der Waals surface area contributed by atoms with Gasteiger partial charge in [-0.15, -0.1) is 5.10 Å². The molecule has 6 heteroatoms. The molecule has 0 atom stereocenters. The summed E-state index contributed by atoms with van der Waals surface area (Å²) in [7, 11) is 0. The van der Waals surface area contributed by atoms with Crippen molar-refractivity contribution in [2.45, 2.75) is 27.3 Å². The molecule has 23 heavy (non-hydrogen) atoms. The van der Waals surface area contributed by atoms with Gasteiger partial charge in [0.05, 0.1) is 6.26 Å². The van der Waals surface area contributed by atoms with Gasteiger partial charge in [-0.25, -0.2) is 4.79 Å². The van der Waals surface area contributed by atoms with E-state index in [1.165, 1.54) is 6.26 Å². The van der Waals surface area contributed by atoms with Crippen molar-refractivity contribution in [2.24, 2.45) is 0 Å². The number of nitrogens with zero attached hydrogens (tertiary/aromatic N) is 2. The van der Waals surface area contributed by atoms with Gasteiger partial charge in [0, 0.05) is 5.56 Å². The number of ketones is 1. The topological polar surface area (TPSA) is 78.2 Å². The number of hydrogen-bond donors (Lipinski definition) is 0. The summed E-state index contributed by atoms with van der Waals surface area (Å²) in [4.78, 5) is 24.3. The smallest absolute Gasteiger partial charge is 0.437 e. The van der Waals surface area contributed by atoms with Gasteiger partial charge in [-0.2, -0.15) is 4.68 Å². The van der Waals surface area contributed by atoms with Crippen molar-refractivity contribution in [2.75, 3.05) is 0 Å². The van der Waals surface area contributed by atoms with Gasteiger partial charge in [0.1, 0.15) is 6.54 Å². The van der Waals surface area contributed by atoms with E-state index < -0.39 is 5.76 Å². The number of benzene rings is 1. The minimum atomic E-state index is -0.689. The molecular formula is C17H16N2O4. The normalized spacial score (nSPS) is 10.9. The summed E-state index contributed by atoms with van der Waals surface area (Å²) >= 11 is 0. The molecule has 0 amide bonds. The van der Waals surface area contributed by atoms with E-state index in [0.717, 1.165) is 21.4 Å². The summed E-state index contributed by atoms with van der Waals surface area (Å²) in [6, 6.07) is 7.09. The van der Waals surface area contributed by atoms with Crippen molar-refractivity contribution >= 4 is 5.78 Å². The lowest BCUT2D eigenvalue weighted by Crippen LogP contribution is -2.22. The van der Waals surface area contributed by atoms with E-state index >= 15 is 0 Å².